The summed E-state index contributed by atoms with van der Waals surface area (Å²) >= 11 is 8.84. The molecule has 0 aliphatic rings. The fraction of sp³-hybridized carbons (Fsp3) is 0.143. The van der Waals surface area contributed by atoms with Crippen molar-refractivity contribution < 1.29 is 18.3 Å². The van der Waals surface area contributed by atoms with Crippen molar-refractivity contribution in [1.29, 1.82) is 0 Å². The topological polar surface area (TPSA) is 20.2 Å². The summed E-state index contributed by atoms with van der Waals surface area (Å²) < 4.78 is 40.7. The molecule has 1 unspecified atom stereocenters. The highest BCUT2D eigenvalue weighted by Gasteiger charge is 2.56. The largest absolute Gasteiger partial charge is 0.425 e. The predicted octanol–water partition coefficient (Wildman–Crippen LogP) is 4.90. The number of rotatable bonds is 2. The molecule has 2 aromatic rings. The van der Waals surface area contributed by atoms with Crippen LogP contribution in [0.15, 0.2) is 53.0 Å². The molecule has 0 saturated heterocycles. The number of hydrogen-bond acceptors (Lipinski definition) is 1. The van der Waals surface area contributed by atoms with Gasteiger partial charge in [-0.15, -0.1) is 0 Å². The Morgan fingerprint density at radius 1 is 0.950 bits per heavy atom. The normalized spacial score (nSPS) is 14.9. The summed E-state index contributed by atoms with van der Waals surface area (Å²) in [4.78, 5) is 0. The first kappa shape index (κ1) is 15.4. The van der Waals surface area contributed by atoms with E-state index in [9.17, 15) is 18.3 Å². The van der Waals surface area contributed by atoms with Gasteiger partial charge in [-0.3, -0.25) is 0 Å². The second-order valence-electron chi connectivity index (χ2n) is 4.23. The third-order valence-electron chi connectivity index (χ3n) is 2.90. The minimum atomic E-state index is -4.88. The number of hydrogen-bond donors (Lipinski definition) is 1. The van der Waals surface area contributed by atoms with Gasteiger partial charge in [0.05, 0.1) is 0 Å². The standard InChI is InChI=1S/C14H9BrClF3O/c15-11-5-1-3-9(7-11)13(20,14(17,18)19)10-4-2-6-12(16)8-10/h1-8,20H. The molecule has 0 heterocycles. The van der Waals surface area contributed by atoms with Crippen LogP contribution in [0.2, 0.25) is 5.02 Å². The molecule has 0 saturated carbocycles. The Morgan fingerprint density at radius 2 is 1.50 bits per heavy atom. The van der Waals surface area contributed by atoms with Crippen LogP contribution in [0.3, 0.4) is 0 Å². The van der Waals surface area contributed by atoms with Gasteiger partial charge in [0.1, 0.15) is 0 Å². The first-order chi connectivity index (χ1) is 9.25. The Balaban J connectivity index is 2.69. The molecule has 20 heavy (non-hydrogen) atoms. The maximum Gasteiger partial charge on any atom is 0.425 e. The number of aliphatic hydroxyl groups is 1. The molecular formula is C14H9BrClF3O. The minimum Gasteiger partial charge on any atom is -0.372 e. The zero-order valence-electron chi connectivity index (χ0n) is 9.96. The molecule has 6 heteroatoms. The lowest BCUT2D eigenvalue weighted by atomic mass is 9.86. The maximum absolute atomic E-state index is 13.4. The molecule has 1 atom stereocenters. The summed E-state index contributed by atoms with van der Waals surface area (Å²) in [6, 6.07) is 10.6. The Morgan fingerprint density at radius 3 is 2.00 bits per heavy atom. The van der Waals surface area contributed by atoms with E-state index < -0.39 is 11.8 Å². The Labute approximate surface area is 127 Å². The molecule has 106 valence electrons. The highest BCUT2D eigenvalue weighted by molar-refractivity contribution is 9.10. The maximum atomic E-state index is 13.4. The van der Waals surface area contributed by atoms with Gasteiger partial charge in [-0.2, -0.15) is 13.2 Å². The van der Waals surface area contributed by atoms with Crippen molar-refractivity contribution in [1.82, 2.24) is 0 Å². The molecule has 0 amide bonds. The SMILES string of the molecule is OC(c1cccc(Cl)c1)(c1cccc(Br)c1)C(F)(F)F. The Hall–Kier alpha value is -1.04. The molecule has 0 bridgehead atoms. The van der Waals surface area contributed by atoms with Crippen LogP contribution < -0.4 is 0 Å². The third kappa shape index (κ3) is 2.71. The van der Waals surface area contributed by atoms with E-state index in [1.807, 2.05) is 0 Å². The van der Waals surface area contributed by atoms with Crippen molar-refractivity contribution in [2.75, 3.05) is 0 Å². The average molecular weight is 366 g/mol. The molecule has 0 spiro atoms. The summed E-state index contributed by atoms with van der Waals surface area (Å²) in [7, 11) is 0. The van der Waals surface area contributed by atoms with Gasteiger partial charge in [0.15, 0.2) is 0 Å². The van der Waals surface area contributed by atoms with Gasteiger partial charge in [0.25, 0.3) is 0 Å². The van der Waals surface area contributed by atoms with Gasteiger partial charge in [0, 0.05) is 9.50 Å². The van der Waals surface area contributed by atoms with Gasteiger partial charge in [-0.1, -0.05) is 51.8 Å². The molecule has 0 fully saturated rings. The van der Waals surface area contributed by atoms with Crippen molar-refractivity contribution in [3.63, 3.8) is 0 Å². The number of benzene rings is 2. The molecule has 2 aromatic carbocycles. The van der Waals surface area contributed by atoms with Gasteiger partial charge in [0.2, 0.25) is 5.60 Å². The van der Waals surface area contributed by atoms with Crippen LogP contribution >= 0.6 is 27.5 Å². The van der Waals surface area contributed by atoms with E-state index in [1.165, 1.54) is 36.4 Å². The Bertz CT molecular complexity index is 582. The predicted molar refractivity (Wildman–Crippen MR) is 74.6 cm³/mol. The minimum absolute atomic E-state index is 0.125. The van der Waals surface area contributed by atoms with E-state index >= 15 is 0 Å². The highest BCUT2D eigenvalue weighted by atomic mass is 79.9. The monoisotopic (exact) mass is 364 g/mol. The fourth-order valence-electron chi connectivity index (χ4n) is 1.92. The number of halogens is 5. The molecule has 1 N–H and O–H groups in total. The summed E-state index contributed by atoms with van der Waals surface area (Å²) in [6.07, 6.45) is -4.88. The first-order valence-electron chi connectivity index (χ1n) is 5.56. The van der Waals surface area contributed by atoms with Gasteiger partial charge in [-0.25, -0.2) is 0 Å². The summed E-state index contributed by atoms with van der Waals surface area (Å²) in [5.74, 6) is 0. The quantitative estimate of drug-likeness (QED) is 0.802. The second-order valence-corrected chi connectivity index (χ2v) is 5.58. The smallest absolute Gasteiger partial charge is 0.372 e. The molecule has 2 rings (SSSR count). The molecule has 1 nitrogen and oxygen atoms in total. The van der Waals surface area contributed by atoms with E-state index in [-0.39, 0.29) is 16.1 Å². The van der Waals surface area contributed by atoms with Crippen LogP contribution in [0.1, 0.15) is 11.1 Å². The van der Waals surface area contributed by atoms with Crippen LogP contribution in [0, 0.1) is 0 Å². The average Bonchev–Trinajstić information content (AvgIpc) is 2.36. The van der Waals surface area contributed by atoms with E-state index in [1.54, 1.807) is 6.07 Å². The lowest BCUT2D eigenvalue weighted by Gasteiger charge is -2.31. The van der Waals surface area contributed by atoms with Crippen LogP contribution in [-0.2, 0) is 5.60 Å². The lowest BCUT2D eigenvalue weighted by molar-refractivity contribution is -0.248. The van der Waals surface area contributed by atoms with E-state index in [4.69, 9.17) is 11.6 Å². The van der Waals surface area contributed by atoms with Crippen LogP contribution in [0.5, 0.6) is 0 Å². The fourth-order valence-corrected chi connectivity index (χ4v) is 2.51. The molecule has 0 aliphatic heterocycles. The van der Waals surface area contributed by atoms with Crippen molar-refractivity contribution in [2.24, 2.45) is 0 Å². The van der Waals surface area contributed by atoms with Gasteiger partial charge in [-0.05, 0) is 35.4 Å². The van der Waals surface area contributed by atoms with E-state index in [0.717, 1.165) is 6.07 Å². The summed E-state index contributed by atoms with van der Waals surface area (Å²) in [5, 5.41) is 10.5. The lowest BCUT2D eigenvalue weighted by Crippen LogP contribution is -2.43. The zero-order chi connectivity index (χ0) is 15.0. The first-order valence-corrected chi connectivity index (χ1v) is 6.73. The second kappa shape index (κ2) is 5.39. The molecular weight excluding hydrogens is 357 g/mol. The van der Waals surface area contributed by atoms with E-state index in [2.05, 4.69) is 15.9 Å². The summed E-state index contributed by atoms with van der Waals surface area (Å²) in [5.41, 5.74) is -3.71. The van der Waals surface area contributed by atoms with Crippen molar-refractivity contribution in [2.45, 2.75) is 11.8 Å². The molecule has 0 aliphatic carbocycles. The van der Waals surface area contributed by atoms with Crippen LogP contribution in [-0.4, -0.2) is 11.3 Å². The van der Waals surface area contributed by atoms with E-state index in [0.29, 0.717) is 4.47 Å². The van der Waals surface area contributed by atoms with Crippen LogP contribution in [0.4, 0.5) is 13.2 Å². The summed E-state index contributed by atoms with van der Waals surface area (Å²) in [6.45, 7) is 0. The van der Waals surface area contributed by atoms with Gasteiger partial charge >= 0.3 is 6.18 Å². The third-order valence-corrected chi connectivity index (χ3v) is 3.62. The molecule has 0 radical (unpaired) electrons. The van der Waals surface area contributed by atoms with Crippen LogP contribution in [0.25, 0.3) is 0 Å². The van der Waals surface area contributed by atoms with Crippen molar-refractivity contribution in [3.05, 3.63) is 69.2 Å². The molecule has 0 aromatic heterocycles. The zero-order valence-corrected chi connectivity index (χ0v) is 12.3. The van der Waals surface area contributed by atoms with Crippen molar-refractivity contribution >= 4 is 27.5 Å². The Kier molecular flexibility index (Phi) is 4.14. The van der Waals surface area contributed by atoms with Gasteiger partial charge < -0.3 is 5.11 Å². The number of alkyl halides is 3. The van der Waals surface area contributed by atoms with Crippen molar-refractivity contribution in [3.8, 4) is 0 Å². The highest BCUT2D eigenvalue weighted by Crippen LogP contribution is 2.45.